The number of aliphatic imine (C=N–C) groups is 1. The van der Waals surface area contributed by atoms with Gasteiger partial charge in [0.2, 0.25) is 5.91 Å². The molecule has 0 aliphatic carbocycles. The van der Waals surface area contributed by atoms with Crippen molar-refractivity contribution in [1.82, 2.24) is 4.90 Å². The Morgan fingerprint density at radius 3 is 2.50 bits per heavy atom. The zero-order valence-corrected chi connectivity index (χ0v) is 6.59. The van der Waals surface area contributed by atoms with Crippen LogP contribution in [0.15, 0.2) is 17.4 Å². The molecule has 0 spiro atoms. The van der Waals surface area contributed by atoms with Crippen LogP contribution in [-0.2, 0) is 4.79 Å². The summed E-state index contributed by atoms with van der Waals surface area (Å²) in [6, 6.07) is 0. The number of amides is 1. The molecule has 0 aliphatic rings. The minimum absolute atomic E-state index is 0.0596. The molecule has 0 heterocycles. The van der Waals surface area contributed by atoms with Gasteiger partial charge in [-0.1, -0.05) is 6.58 Å². The average molecular weight is 140 g/mol. The van der Waals surface area contributed by atoms with Crippen LogP contribution in [0.4, 0.5) is 0 Å². The zero-order valence-electron chi connectivity index (χ0n) is 6.59. The Morgan fingerprint density at radius 1 is 1.70 bits per heavy atom. The summed E-state index contributed by atoms with van der Waals surface area (Å²) in [5.41, 5.74) is 0. The van der Waals surface area contributed by atoms with E-state index in [0.29, 0.717) is 5.82 Å². The molecule has 56 valence electrons. The zero-order chi connectivity index (χ0) is 8.15. The van der Waals surface area contributed by atoms with Gasteiger partial charge in [-0.05, 0) is 6.92 Å². The lowest BCUT2D eigenvalue weighted by Gasteiger charge is -2.12. The molecule has 0 aliphatic heterocycles. The third-order valence-corrected chi connectivity index (χ3v) is 1.14. The molecule has 0 fully saturated rings. The second-order valence-corrected chi connectivity index (χ2v) is 1.88. The van der Waals surface area contributed by atoms with Crippen LogP contribution in [0.2, 0.25) is 0 Å². The molecule has 3 nitrogen and oxygen atoms in total. The maximum Gasteiger partial charge on any atom is 0.224 e. The Labute approximate surface area is 61.1 Å². The molecule has 0 N–H and O–H groups in total. The third-order valence-electron chi connectivity index (χ3n) is 1.14. The molecule has 0 atom stereocenters. The highest BCUT2D eigenvalue weighted by molar-refractivity contribution is 5.75. The van der Waals surface area contributed by atoms with Crippen LogP contribution in [0.25, 0.3) is 0 Å². The number of hydrogen-bond donors (Lipinski definition) is 0. The van der Waals surface area contributed by atoms with Crippen LogP contribution in [0, 0.1) is 0 Å². The Hall–Kier alpha value is -1.12. The first-order valence-corrected chi connectivity index (χ1v) is 3.01. The highest BCUT2D eigenvalue weighted by Crippen LogP contribution is 1.98. The smallest absolute Gasteiger partial charge is 0.224 e. The van der Waals surface area contributed by atoms with E-state index in [0.717, 1.165) is 0 Å². The van der Waals surface area contributed by atoms with Gasteiger partial charge in [-0.25, -0.2) is 4.99 Å². The van der Waals surface area contributed by atoms with Crippen molar-refractivity contribution >= 4 is 12.1 Å². The van der Waals surface area contributed by atoms with Crippen molar-refractivity contribution in [2.24, 2.45) is 4.99 Å². The van der Waals surface area contributed by atoms with Gasteiger partial charge < -0.3 is 4.90 Å². The summed E-state index contributed by atoms with van der Waals surface area (Å²) in [6.07, 6.45) is 1.60. The van der Waals surface area contributed by atoms with Gasteiger partial charge in [-0.15, -0.1) is 0 Å². The standard InChI is InChI=1S/C7H12N2O/c1-5-8-6(2)9(4)7(3)10/h5H,2H2,1,3-4H3/b8-5-. The van der Waals surface area contributed by atoms with Crippen LogP contribution in [0.1, 0.15) is 13.8 Å². The van der Waals surface area contributed by atoms with Gasteiger partial charge in [0, 0.05) is 20.2 Å². The first kappa shape index (κ1) is 8.88. The molecule has 0 bridgehead atoms. The Bertz CT molecular complexity index is 172. The van der Waals surface area contributed by atoms with E-state index < -0.39 is 0 Å². The molecule has 0 radical (unpaired) electrons. The summed E-state index contributed by atoms with van der Waals surface area (Å²) in [5.74, 6) is 0.408. The lowest BCUT2D eigenvalue weighted by molar-refractivity contribution is -0.125. The number of rotatable bonds is 2. The van der Waals surface area contributed by atoms with E-state index >= 15 is 0 Å². The van der Waals surface area contributed by atoms with Crippen molar-refractivity contribution in [3.63, 3.8) is 0 Å². The van der Waals surface area contributed by atoms with Crippen molar-refractivity contribution in [1.29, 1.82) is 0 Å². The topological polar surface area (TPSA) is 32.7 Å². The van der Waals surface area contributed by atoms with E-state index in [2.05, 4.69) is 11.6 Å². The molecule has 0 aromatic rings. The molecule has 0 aromatic carbocycles. The lowest BCUT2D eigenvalue weighted by Crippen LogP contribution is -2.21. The largest absolute Gasteiger partial charge is 0.301 e. The van der Waals surface area contributed by atoms with E-state index in [1.54, 1.807) is 20.2 Å². The van der Waals surface area contributed by atoms with E-state index in [9.17, 15) is 4.79 Å². The number of carbonyl (C=O) groups excluding carboxylic acids is 1. The van der Waals surface area contributed by atoms with E-state index in [1.807, 2.05) is 0 Å². The van der Waals surface area contributed by atoms with E-state index in [4.69, 9.17) is 0 Å². The summed E-state index contributed by atoms with van der Waals surface area (Å²) in [5, 5.41) is 0. The average Bonchev–Trinajstić information content (AvgIpc) is 1.87. The maximum atomic E-state index is 10.7. The fourth-order valence-electron chi connectivity index (χ4n) is 0.417. The van der Waals surface area contributed by atoms with Crippen molar-refractivity contribution < 1.29 is 4.79 Å². The van der Waals surface area contributed by atoms with Gasteiger partial charge >= 0.3 is 0 Å². The fourth-order valence-corrected chi connectivity index (χ4v) is 0.417. The number of nitrogens with zero attached hydrogens (tertiary/aromatic N) is 2. The van der Waals surface area contributed by atoms with E-state index in [-0.39, 0.29) is 5.91 Å². The minimum Gasteiger partial charge on any atom is -0.301 e. The molecule has 0 unspecified atom stereocenters. The molecule has 1 amide bonds. The second kappa shape index (κ2) is 3.82. The first-order chi connectivity index (χ1) is 4.59. The highest BCUT2D eigenvalue weighted by Gasteiger charge is 2.02. The fraction of sp³-hybridized carbons (Fsp3) is 0.429. The minimum atomic E-state index is -0.0596. The Balaban J connectivity index is 4.08. The van der Waals surface area contributed by atoms with Crippen LogP contribution in [0.3, 0.4) is 0 Å². The predicted molar refractivity (Wildman–Crippen MR) is 41.8 cm³/mol. The normalized spacial score (nSPS) is 9.90. The van der Waals surface area contributed by atoms with Gasteiger partial charge in [0.05, 0.1) is 0 Å². The summed E-state index contributed by atoms with van der Waals surface area (Å²) in [7, 11) is 1.64. The van der Waals surface area contributed by atoms with Crippen LogP contribution < -0.4 is 0 Å². The Morgan fingerprint density at radius 2 is 2.20 bits per heavy atom. The van der Waals surface area contributed by atoms with Gasteiger partial charge in [0.15, 0.2) is 0 Å². The van der Waals surface area contributed by atoms with Crippen molar-refractivity contribution in [2.45, 2.75) is 13.8 Å². The summed E-state index contributed by atoms with van der Waals surface area (Å²) < 4.78 is 0. The van der Waals surface area contributed by atoms with Crippen LogP contribution in [0.5, 0.6) is 0 Å². The summed E-state index contributed by atoms with van der Waals surface area (Å²) in [4.78, 5) is 15.9. The molecule has 10 heavy (non-hydrogen) atoms. The van der Waals surface area contributed by atoms with Crippen molar-refractivity contribution in [3.8, 4) is 0 Å². The van der Waals surface area contributed by atoms with Crippen molar-refractivity contribution in [3.05, 3.63) is 12.4 Å². The molecular weight excluding hydrogens is 128 g/mol. The maximum absolute atomic E-state index is 10.7. The molecule has 3 heteroatoms. The highest BCUT2D eigenvalue weighted by atomic mass is 16.2. The SMILES string of the molecule is C=C(/N=C\C)N(C)C(C)=O. The van der Waals surface area contributed by atoms with Crippen LogP contribution in [-0.4, -0.2) is 24.1 Å². The predicted octanol–water partition coefficient (Wildman–Crippen LogP) is 1.03. The van der Waals surface area contributed by atoms with Gasteiger partial charge in [0.25, 0.3) is 0 Å². The number of carbonyl (C=O) groups is 1. The van der Waals surface area contributed by atoms with Crippen LogP contribution >= 0.6 is 0 Å². The van der Waals surface area contributed by atoms with Crippen molar-refractivity contribution in [2.75, 3.05) is 7.05 Å². The van der Waals surface area contributed by atoms with Gasteiger partial charge in [0.1, 0.15) is 5.82 Å². The molecule has 0 aromatic heterocycles. The summed E-state index contributed by atoms with van der Waals surface area (Å²) in [6.45, 7) is 6.82. The molecule has 0 saturated heterocycles. The first-order valence-electron chi connectivity index (χ1n) is 3.01. The quantitative estimate of drug-likeness (QED) is 0.527. The van der Waals surface area contributed by atoms with E-state index in [1.165, 1.54) is 11.8 Å². The molecule has 0 saturated carbocycles. The summed E-state index contributed by atoms with van der Waals surface area (Å²) >= 11 is 0. The third kappa shape index (κ3) is 2.44. The second-order valence-electron chi connectivity index (χ2n) is 1.88. The monoisotopic (exact) mass is 140 g/mol. The lowest BCUT2D eigenvalue weighted by atomic mass is 10.6. The Kier molecular flexibility index (Phi) is 3.39. The van der Waals surface area contributed by atoms with Gasteiger partial charge in [-0.3, -0.25) is 4.79 Å². The number of hydrogen-bond acceptors (Lipinski definition) is 2. The molecule has 0 rings (SSSR count). The molecular formula is C7H12N2O. The van der Waals surface area contributed by atoms with Gasteiger partial charge in [-0.2, -0.15) is 0 Å².